The minimum absolute atomic E-state index is 0.0817. The first-order valence-electron chi connectivity index (χ1n) is 9.42. The van der Waals surface area contributed by atoms with Gasteiger partial charge in [0.2, 0.25) is 0 Å². The molecule has 0 saturated carbocycles. The Morgan fingerprint density at radius 1 is 0.963 bits per heavy atom. The molecule has 3 aromatic rings. The molecule has 0 spiro atoms. The highest BCUT2D eigenvalue weighted by atomic mass is 79.9. The molecule has 27 heavy (non-hydrogen) atoms. The molecule has 1 heterocycles. The second-order valence-corrected chi connectivity index (χ2v) is 8.58. The van der Waals surface area contributed by atoms with Crippen molar-refractivity contribution in [2.24, 2.45) is 5.92 Å². The minimum atomic E-state index is -0.0817. The van der Waals surface area contributed by atoms with Crippen molar-refractivity contribution in [1.82, 2.24) is 0 Å². The minimum Gasteiger partial charge on any atom is -0.373 e. The number of nitrogens with one attached hydrogen (secondary N) is 1. The lowest BCUT2D eigenvalue weighted by Gasteiger charge is -2.36. The Hall–Kier alpha value is -2.39. The van der Waals surface area contributed by atoms with E-state index in [1.807, 2.05) is 12.1 Å². The third kappa shape index (κ3) is 2.72. The monoisotopic (exact) mass is 417 g/mol. The van der Waals surface area contributed by atoms with E-state index in [0.29, 0.717) is 12.3 Å². The predicted octanol–water partition coefficient (Wildman–Crippen LogP) is 6.52. The smallest absolute Gasteiger partial charge is 0.161 e. The van der Waals surface area contributed by atoms with E-state index in [0.717, 1.165) is 27.7 Å². The third-order valence-corrected chi connectivity index (χ3v) is 6.26. The van der Waals surface area contributed by atoms with Crippen molar-refractivity contribution >= 4 is 43.7 Å². The fourth-order valence-electron chi connectivity index (χ4n) is 4.55. The molecule has 0 bridgehead atoms. The maximum Gasteiger partial charge on any atom is 0.161 e. The van der Waals surface area contributed by atoms with E-state index in [2.05, 4.69) is 76.7 Å². The molecule has 0 amide bonds. The van der Waals surface area contributed by atoms with Crippen LogP contribution in [0.3, 0.4) is 0 Å². The van der Waals surface area contributed by atoms with Crippen molar-refractivity contribution in [2.75, 3.05) is 5.32 Å². The van der Waals surface area contributed by atoms with Gasteiger partial charge in [-0.15, -0.1) is 0 Å². The van der Waals surface area contributed by atoms with Crippen LogP contribution < -0.4 is 5.32 Å². The topological polar surface area (TPSA) is 29.1 Å². The summed E-state index contributed by atoms with van der Waals surface area (Å²) in [5.74, 6) is 0.662. The number of anilines is 1. The van der Waals surface area contributed by atoms with Crippen molar-refractivity contribution in [3.8, 4) is 0 Å². The van der Waals surface area contributed by atoms with Crippen LogP contribution >= 0.6 is 15.9 Å². The van der Waals surface area contributed by atoms with Gasteiger partial charge in [0.05, 0.1) is 6.04 Å². The van der Waals surface area contributed by atoms with Crippen molar-refractivity contribution in [3.05, 3.63) is 81.8 Å². The lowest BCUT2D eigenvalue weighted by atomic mass is 9.74. The van der Waals surface area contributed by atoms with Gasteiger partial charge in [-0.25, -0.2) is 0 Å². The molecule has 134 valence electrons. The third-order valence-electron chi connectivity index (χ3n) is 5.73. The number of halogens is 1. The van der Waals surface area contributed by atoms with E-state index < -0.39 is 0 Å². The Labute approximate surface area is 167 Å². The summed E-state index contributed by atoms with van der Waals surface area (Å²) in [5, 5.41) is 6.12. The van der Waals surface area contributed by atoms with Crippen LogP contribution in [0.25, 0.3) is 16.3 Å². The first kappa shape index (κ1) is 16.8. The van der Waals surface area contributed by atoms with Gasteiger partial charge in [-0.3, -0.25) is 4.79 Å². The van der Waals surface area contributed by atoms with Crippen LogP contribution in [0.1, 0.15) is 36.9 Å². The Bertz CT molecular complexity index is 1100. The van der Waals surface area contributed by atoms with Crippen LogP contribution in [0.2, 0.25) is 0 Å². The second kappa shape index (κ2) is 6.35. The standard InChI is InChI=1S/C24H20BrNO/c1-14-12-19-22-18-5-3-2-4-15(18)8-11-20(22)26-24(23(19)21(27)13-14)16-6-9-17(25)10-7-16/h2-11,14,24,26H,12-13H2,1H3/t14-,24-/m1/s1. The van der Waals surface area contributed by atoms with Crippen LogP contribution in [0, 0.1) is 5.92 Å². The van der Waals surface area contributed by atoms with Crippen LogP contribution in [0.15, 0.2) is 70.7 Å². The van der Waals surface area contributed by atoms with Gasteiger partial charge in [-0.1, -0.05) is 65.3 Å². The first-order valence-corrected chi connectivity index (χ1v) is 10.2. The summed E-state index contributed by atoms with van der Waals surface area (Å²) < 4.78 is 1.05. The normalized spacial score (nSPS) is 21.6. The van der Waals surface area contributed by atoms with E-state index in [9.17, 15) is 4.79 Å². The summed E-state index contributed by atoms with van der Waals surface area (Å²) in [5.41, 5.74) is 5.67. The number of carbonyl (C=O) groups excluding carboxylic acids is 1. The number of carbonyl (C=O) groups is 1. The zero-order valence-electron chi connectivity index (χ0n) is 15.1. The molecule has 0 radical (unpaired) electrons. The van der Waals surface area contributed by atoms with E-state index in [-0.39, 0.29) is 11.8 Å². The fraction of sp³-hybridized carbons (Fsp3) is 0.208. The summed E-state index contributed by atoms with van der Waals surface area (Å²) in [6, 6.07) is 21.0. The van der Waals surface area contributed by atoms with Crippen LogP contribution in [0.4, 0.5) is 5.69 Å². The van der Waals surface area contributed by atoms with Crippen LogP contribution in [-0.2, 0) is 4.79 Å². The molecule has 0 fully saturated rings. The molecule has 0 aromatic heterocycles. The molecule has 2 atom stereocenters. The van der Waals surface area contributed by atoms with Gasteiger partial charge in [0.15, 0.2) is 5.78 Å². The highest BCUT2D eigenvalue weighted by Gasteiger charge is 2.36. The van der Waals surface area contributed by atoms with Crippen molar-refractivity contribution < 1.29 is 4.79 Å². The van der Waals surface area contributed by atoms with Gasteiger partial charge >= 0.3 is 0 Å². The van der Waals surface area contributed by atoms with Gasteiger partial charge in [0.25, 0.3) is 0 Å². The summed E-state index contributed by atoms with van der Waals surface area (Å²) in [6.07, 6.45) is 1.59. The Morgan fingerprint density at radius 2 is 1.74 bits per heavy atom. The summed E-state index contributed by atoms with van der Waals surface area (Å²) in [6.45, 7) is 2.18. The fourth-order valence-corrected chi connectivity index (χ4v) is 4.81. The molecule has 3 aromatic carbocycles. The zero-order valence-corrected chi connectivity index (χ0v) is 16.7. The van der Waals surface area contributed by atoms with Crippen molar-refractivity contribution in [3.63, 3.8) is 0 Å². The number of Topliss-reactive ketones (excluding diaryl/α,β-unsaturated/α-hetero) is 1. The molecule has 0 saturated heterocycles. The molecule has 1 N–H and O–H groups in total. The molecule has 1 aliphatic carbocycles. The molecular formula is C24H20BrNO. The van der Waals surface area contributed by atoms with Gasteiger partial charge in [-0.05, 0) is 52.4 Å². The Balaban J connectivity index is 1.78. The van der Waals surface area contributed by atoms with Gasteiger partial charge < -0.3 is 5.32 Å². The molecule has 1 aliphatic heterocycles. The molecule has 5 rings (SSSR count). The number of hydrogen-bond acceptors (Lipinski definition) is 2. The first-order chi connectivity index (χ1) is 13.1. The number of allylic oxidation sites excluding steroid dienone is 1. The molecule has 3 heteroatoms. The van der Waals surface area contributed by atoms with E-state index in [1.165, 1.54) is 21.9 Å². The molecular weight excluding hydrogens is 398 g/mol. The number of hydrogen-bond donors (Lipinski definition) is 1. The van der Waals surface area contributed by atoms with Gasteiger partial charge in [-0.2, -0.15) is 0 Å². The molecule has 2 nitrogen and oxygen atoms in total. The SMILES string of the molecule is C[C@H]1CC(=O)C2=C(C1)c1c(ccc3ccccc13)N[C@@H]2c1ccc(Br)cc1. The van der Waals surface area contributed by atoms with Crippen LogP contribution in [0.5, 0.6) is 0 Å². The summed E-state index contributed by atoms with van der Waals surface area (Å²) in [4.78, 5) is 13.1. The summed E-state index contributed by atoms with van der Waals surface area (Å²) in [7, 11) is 0. The predicted molar refractivity (Wildman–Crippen MR) is 115 cm³/mol. The average molecular weight is 418 g/mol. The van der Waals surface area contributed by atoms with Gasteiger partial charge in [0.1, 0.15) is 0 Å². The lowest BCUT2D eigenvalue weighted by molar-refractivity contribution is -0.116. The maximum atomic E-state index is 13.1. The van der Waals surface area contributed by atoms with E-state index >= 15 is 0 Å². The maximum absolute atomic E-state index is 13.1. The van der Waals surface area contributed by atoms with E-state index in [1.54, 1.807) is 0 Å². The number of rotatable bonds is 1. The average Bonchev–Trinajstić information content (AvgIpc) is 2.67. The number of ketones is 1. The largest absolute Gasteiger partial charge is 0.373 e. The second-order valence-electron chi connectivity index (χ2n) is 7.67. The Morgan fingerprint density at radius 3 is 2.56 bits per heavy atom. The quantitative estimate of drug-likeness (QED) is 0.487. The molecule has 0 unspecified atom stereocenters. The highest BCUT2D eigenvalue weighted by Crippen LogP contribution is 2.49. The van der Waals surface area contributed by atoms with Crippen molar-refractivity contribution in [2.45, 2.75) is 25.8 Å². The summed E-state index contributed by atoms with van der Waals surface area (Å²) >= 11 is 3.51. The number of fused-ring (bicyclic) bond motifs is 4. The van der Waals surface area contributed by atoms with Crippen molar-refractivity contribution in [1.29, 1.82) is 0 Å². The van der Waals surface area contributed by atoms with Crippen LogP contribution in [-0.4, -0.2) is 5.78 Å². The van der Waals surface area contributed by atoms with Gasteiger partial charge in [0, 0.05) is 27.7 Å². The zero-order chi connectivity index (χ0) is 18.5. The Kier molecular flexibility index (Phi) is 3.94. The number of benzene rings is 3. The molecule has 2 aliphatic rings. The van der Waals surface area contributed by atoms with E-state index in [4.69, 9.17) is 0 Å². The lowest BCUT2D eigenvalue weighted by Crippen LogP contribution is -2.29. The highest BCUT2D eigenvalue weighted by molar-refractivity contribution is 9.10.